The van der Waals surface area contributed by atoms with Crippen molar-refractivity contribution < 1.29 is 19.5 Å². The van der Waals surface area contributed by atoms with Crippen molar-refractivity contribution in [2.45, 2.75) is 6.92 Å². The Morgan fingerprint density at radius 2 is 2.00 bits per heavy atom. The van der Waals surface area contributed by atoms with Gasteiger partial charge < -0.3 is 20.6 Å². The van der Waals surface area contributed by atoms with Crippen molar-refractivity contribution in [2.75, 3.05) is 26.7 Å². The molecule has 1 rings (SSSR count). The van der Waals surface area contributed by atoms with E-state index >= 15 is 0 Å². The number of hydrogen-bond acceptors (Lipinski definition) is 3. The van der Waals surface area contributed by atoms with E-state index in [1.54, 1.807) is 6.92 Å². The first-order valence-electron chi connectivity index (χ1n) is 5.34. The molecule has 96 valence electrons. The molecule has 0 bridgehead atoms. The molecular weight excluding hydrogens is 226 g/mol. The number of likely N-dealkylation sites (tertiary alicyclic amines) is 1. The van der Waals surface area contributed by atoms with Gasteiger partial charge in [-0.25, -0.2) is 4.79 Å². The third-order valence-corrected chi connectivity index (χ3v) is 3.00. The molecule has 1 aliphatic rings. The van der Waals surface area contributed by atoms with Crippen LogP contribution in [0.2, 0.25) is 0 Å². The first kappa shape index (κ1) is 13.3. The number of hydrogen-bond donors (Lipinski definition) is 2. The monoisotopic (exact) mass is 243 g/mol. The lowest BCUT2D eigenvalue weighted by molar-refractivity contribution is -0.144. The number of carboxylic acid groups (broad SMARTS) is 1. The molecule has 0 aromatic carbocycles. The number of rotatable bonds is 4. The van der Waals surface area contributed by atoms with E-state index in [-0.39, 0.29) is 18.5 Å². The molecule has 7 nitrogen and oxygen atoms in total. The molecule has 0 aromatic heterocycles. The first-order valence-corrected chi connectivity index (χ1v) is 5.34. The van der Waals surface area contributed by atoms with Gasteiger partial charge in [0.25, 0.3) is 0 Å². The van der Waals surface area contributed by atoms with Gasteiger partial charge in [0.15, 0.2) is 0 Å². The molecular formula is C10H17N3O4. The van der Waals surface area contributed by atoms with Crippen LogP contribution in [0.5, 0.6) is 0 Å². The molecule has 1 aliphatic heterocycles. The fourth-order valence-electron chi connectivity index (χ4n) is 1.73. The van der Waals surface area contributed by atoms with Crippen LogP contribution < -0.4 is 5.73 Å². The van der Waals surface area contributed by atoms with E-state index in [4.69, 9.17) is 10.8 Å². The van der Waals surface area contributed by atoms with Crippen LogP contribution in [-0.2, 0) is 9.59 Å². The van der Waals surface area contributed by atoms with Gasteiger partial charge in [0.05, 0.1) is 5.92 Å². The predicted octanol–water partition coefficient (Wildman–Crippen LogP) is -0.824. The molecule has 17 heavy (non-hydrogen) atoms. The summed E-state index contributed by atoms with van der Waals surface area (Å²) in [5.74, 6) is -1.90. The summed E-state index contributed by atoms with van der Waals surface area (Å²) in [6, 6.07) is -0.294. The van der Waals surface area contributed by atoms with Crippen molar-refractivity contribution in [1.82, 2.24) is 9.80 Å². The van der Waals surface area contributed by atoms with Crippen molar-refractivity contribution in [3.63, 3.8) is 0 Å². The molecule has 1 fully saturated rings. The summed E-state index contributed by atoms with van der Waals surface area (Å²) >= 11 is 0. The van der Waals surface area contributed by atoms with Gasteiger partial charge in [-0.05, 0) is 0 Å². The van der Waals surface area contributed by atoms with Gasteiger partial charge >= 0.3 is 12.0 Å². The molecule has 3 N–H and O–H groups in total. The normalized spacial score (nSPS) is 17.2. The number of aliphatic carboxylic acids is 1. The van der Waals surface area contributed by atoms with Crippen molar-refractivity contribution >= 4 is 17.9 Å². The van der Waals surface area contributed by atoms with E-state index in [1.165, 1.54) is 16.8 Å². The molecule has 0 aromatic rings. The van der Waals surface area contributed by atoms with E-state index in [0.29, 0.717) is 13.1 Å². The topological polar surface area (TPSA) is 104 Å². The zero-order valence-electron chi connectivity index (χ0n) is 9.92. The van der Waals surface area contributed by atoms with E-state index in [1.807, 2.05) is 0 Å². The maximum Gasteiger partial charge on any atom is 0.320 e. The molecule has 1 heterocycles. The largest absolute Gasteiger partial charge is 0.481 e. The van der Waals surface area contributed by atoms with Gasteiger partial charge in [0, 0.05) is 26.1 Å². The number of nitrogens with two attached hydrogens (primary N) is 1. The number of carbonyl (C=O) groups is 3. The minimum atomic E-state index is -0.854. The van der Waals surface area contributed by atoms with Gasteiger partial charge in [0.1, 0.15) is 6.54 Å². The summed E-state index contributed by atoms with van der Waals surface area (Å²) in [6.45, 7) is 2.32. The van der Waals surface area contributed by atoms with Crippen molar-refractivity contribution in [3.8, 4) is 0 Å². The summed E-state index contributed by atoms with van der Waals surface area (Å²) in [6.07, 6.45) is 0. The summed E-state index contributed by atoms with van der Waals surface area (Å²) in [5.41, 5.74) is 4.98. The van der Waals surface area contributed by atoms with Gasteiger partial charge in [-0.1, -0.05) is 6.92 Å². The van der Waals surface area contributed by atoms with E-state index < -0.39 is 17.8 Å². The van der Waals surface area contributed by atoms with Crippen LogP contribution in [0, 0.1) is 11.8 Å². The number of urea groups is 1. The smallest absolute Gasteiger partial charge is 0.320 e. The lowest BCUT2D eigenvalue weighted by Gasteiger charge is -2.42. The summed E-state index contributed by atoms with van der Waals surface area (Å²) in [7, 11) is 1.49. The quantitative estimate of drug-likeness (QED) is 0.672. The molecule has 3 amide bonds. The SMILES string of the molecule is CC(C(=O)O)C1CN(C(=O)N(C)CC(N)=O)C1. The minimum Gasteiger partial charge on any atom is -0.481 e. The summed E-state index contributed by atoms with van der Waals surface area (Å²) < 4.78 is 0. The van der Waals surface area contributed by atoms with Crippen LogP contribution in [0.3, 0.4) is 0 Å². The number of carboxylic acids is 1. The highest BCUT2D eigenvalue weighted by atomic mass is 16.4. The zero-order chi connectivity index (χ0) is 13.2. The highest BCUT2D eigenvalue weighted by molar-refractivity contribution is 5.83. The Labute approximate surface area is 99.2 Å². The molecule has 1 saturated heterocycles. The summed E-state index contributed by atoms with van der Waals surface area (Å²) in [5, 5.41) is 8.80. The van der Waals surface area contributed by atoms with Gasteiger partial charge in [-0.2, -0.15) is 0 Å². The van der Waals surface area contributed by atoms with E-state index in [0.717, 1.165) is 0 Å². The molecule has 0 saturated carbocycles. The van der Waals surface area contributed by atoms with Crippen LogP contribution in [0.15, 0.2) is 0 Å². The fourth-order valence-corrected chi connectivity index (χ4v) is 1.73. The average Bonchev–Trinajstić information content (AvgIpc) is 2.13. The van der Waals surface area contributed by atoms with E-state index in [9.17, 15) is 14.4 Å². The Morgan fingerprint density at radius 1 is 1.47 bits per heavy atom. The number of likely N-dealkylation sites (N-methyl/N-ethyl adjacent to an activating group) is 1. The second kappa shape index (κ2) is 5.03. The van der Waals surface area contributed by atoms with Gasteiger partial charge in [-0.3, -0.25) is 9.59 Å². The Hall–Kier alpha value is -1.79. The second-order valence-electron chi connectivity index (χ2n) is 4.40. The third kappa shape index (κ3) is 3.08. The fraction of sp³-hybridized carbons (Fsp3) is 0.700. The Bertz CT molecular complexity index is 338. The molecule has 1 atom stereocenters. The maximum absolute atomic E-state index is 11.7. The number of amides is 3. The predicted molar refractivity (Wildman–Crippen MR) is 59.1 cm³/mol. The number of nitrogens with zero attached hydrogens (tertiary/aromatic N) is 2. The third-order valence-electron chi connectivity index (χ3n) is 3.00. The standard InChI is InChI=1S/C10H17N3O4/c1-6(9(15)16)7-3-13(4-7)10(17)12(2)5-8(11)14/h6-7H,3-5H2,1-2H3,(H2,11,14)(H,15,16). The highest BCUT2D eigenvalue weighted by Gasteiger charge is 2.38. The van der Waals surface area contributed by atoms with Gasteiger partial charge in [0.2, 0.25) is 5.91 Å². The summed E-state index contributed by atoms with van der Waals surface area (Å²) in [4.78, 5) is 35.8. The van der Waals surface area contributed by atoms with Crippen LogP contribution in [0.25, 0.3) is 0 Å². The maximum atomic E-state index is 11.7. The van der Waals surface area contributed by atoms with Crippen LogP contribution in [0.1, 0.15) is 6.92 Å². The lowest BCUT2D eigenvalue weighted by Crippen LogP contribution is -2.57. The van der Waals surface area contributed by atoms with Crippen molar-refractivity contribution in [3.05, 3.63) is 0 Å². The molecule has 0 aliphatic carbocycles. The van der Waals surface area contributed by atoms with E-state index in [2.05, 4.69) is 0 Å². The number of carbonyl (C=O) groups excluding carboxylic acids is 2. The Morgan fingerprint density at radius 3 is 2.41 bits per heavy atom. The molecule has 0 radical (unpaired) electrons. The number of primary amides is 1. The van der Waals surface area contributed by atoms with Crippen LogP contribution in [-0.4, -0.2) is 59.5 Å². The first-order chi connectivity index (χ1) is 7.82. The van der Waals surface area contributed by atoms with Crippen LogP contribution in [0.4, 0.5) is 4.79 Å². The van der Waals surface area contributed by atoms with Crippen LogP contribution >= 0.6 is 0 Å². The molecule has 1 unspecified atom stereocenters. The van der Waals surface area contributed by atoms with Gasteiger partial charge in [-0.15, -0.1) is 0 Å². The molecule has 7 heteroatoms. The molecule has 0 spiro atoms. The second-order valence-corrected chi connectivity index (χ2v) is 4.40. The van der Waals surface area contributed by atoms with Crippen molar-refractivity contribution in [2.24, 2.45) is 17.6 Å². The lowest BCUT2D eigenvalue weighted by atomic mass is 9.87. The highest BCUT2D eigenvalue weighted by Crippen LogP contribution is 2.24. The van der Waals surface area contributed by atoms with Crippen molar-refractivity contribution in [1.29, 1.82) is 0 Å². The Balaban J connectivity index is 2.39. The zero-order valence-corrected chi connectivity index (χ0v) is 9.92. The average molecular weight is 243 g/mol. The minimum absolute atomic E-state index is 0.0153. The Kier molecular flexibility index (Phi) is 3.93.